The fourth-order valence-corrected chi connectivity index (χ4v) is 5.32. The standard InChI is InChI=1S/C23H33N5O4S/c1-17-13-21(14-18(2)25-17)26-23(29)24-9-12-28-10-7-20(8-11-28)27-33(30,31)22-6-4-5-19(15-22)16-32-3/h4-6,13-15,20,27H,7-12,16H2,1-3H3,(H2,24,25,26,29). The summed E-state index contributed by atoms with van der Waals surface area (Å²) >= 11 is 0. The van der Waals surface area contributed by atoms with Crippen molar-refractivity contribution >= 4 is 21.7 Å². The number of aromatic nitrogens is 1. The van der Waals surface area contributed by atoms with Crippen molar-refractivity contribution in [2.24, 2.45) is 0 Å². The number of aryl methyl sites for hydroxylation is 2. The molecule has 10 heteroatoms. The van der Waals surface area contributed by atoms with Crippen molar-refractivity contribution in [3.63, 3.8) is 0 Å². The molecule has 180 valence electrons. The maximum absolute atomic E-state index is 12.8. The number of carbonyl (C=O) groups excluding carboxylic acids is 1. The number of nitrogens with one attached hydrogen (secondary N) is 3. The lowest BCUT2D eigenvalue weighted by molar-refractivity contribution is 0.184. The maximum Gasteiger partial charge on any atom is 0.319 e. The smallest absolute Gasteiger partial charge is 0.319 e. The molecule has 2 aromatic rings. The van der Waals surface area contributed by atoms with E-state index in [-0.39, 0.29) is 17.0 Å². The third-order valence-electron chi connectivity index (χ3n) is 5.48. The maximum atomic E-state index is 12.8. The Morgan fingerprint density at radius 3 is 2.52 bits per heavy atom. The molecule has 2 heterocycles. The van der Waals surface area contributed by atoms with Crippen LogP contribution in [0.4, 0.5) is 10.5 Å². The average molecular weight is 476 g/mol. The first kappa shape index (κ1) is 25.1. The lowest BCUT2D eigenvalue weighted by Gasteiger charge is -2.32. The summed E-state index contributed by atoms with van der Waals surface area (Å²) in [6.45, 7) is 6.90. The van der Waals surface area contributed by atoms with Crippen LogP contribution in [-0.4, -0.2) is 63.7 Å². The van der Waals surface area contributed by atoms with Crippen LogP contribution in [0.15, 0.2) is 41.3 Å². The highest BCUT2D eigenvalue weighted by Crippen LogP contribution is 2.16. The summed E-state index contributed by atoms with van der Waals surface area (Å²) in [5.74, 6) is 0. The van der Waals surface area contributed by atoms with Crippen molar-refractivity contribution in [2.75, 3.05) is 38.6 Å². The topological polar surface area (TPSA) is 113 Å². The SMILES string of the molecule is COCc1cccc(S(=O)(=O)NC2CCN(CCNC(=O)Nc3cc(C)nc(C)c3)CC2)c1. The molecule has 3 rings (SSSR count). The average Bonchev–Trinajstić information content (AvgIpc) is 2.74. The molecule has 1 fully saturated rings. The molecular formula is C23H33N5O4S. The van der Waals surface area contributed by atoms with E-state index in [1.54, 1.807) is 25.3 Å². The number of sulfonamides is 1. The third kappa shape index (κ3) is 7.78. The molecule has 2 amide bonds. The second-order valence-electron chi connectivity index (χ2n) is 8.34. The van der Waals surface area contributed by atoms with E-state index < -0.39 is 10.0 Å². The highest BCUT2D eigenvalue weighted by Gasteiger charge is 2.24. The Kier molecular flexibility index (Phi) is 8.79. The molecule has 0 saturated carbocycles. The Morgan fingerprint density at radius 2 is 1.85 bits per heavy atom. The van der Waals surface area contributed by atoms with E-state index in [0.29, 0.717) is 19.7 Å². The normalized spacial score (nSPS) is 15.4. The molecule has 1 aromatic carbocycles. The molecular weight excluding hydrogens is 442 g/mol. The van der Waals surface area contributed by atoms with E-state index >= 15 is 0 Å². The minimum Gasteiger partial charge on any atom is -0.380 e. The summed E-state index contributed by atoms with van der Waals surface area (Å²) in [6, 6.07) is 10.1. The summed E-state index contributed by atoms with van der Waals surface area (Å²) < 4.78 is 33.4. The molecule has 0 spiro atoms. The molecule has 1 aliphatic heterocycles. The lowest BCUT2D eigenvalue weighted by Crippen LogP contribution is -2.46. The molecule has 0 radical (unpaired) electrons. The van der Waals surface area contributed by atoms with E-state index in [2.05, 4.69) is 25.2 Å². The number of piperidine rings is 1. The highest BCUT2D eigenvalue weighted by atomic mass is 32.2. The second-order valence-corrected chi connectivity index (χ2v) is 10.1. The Hall–Kier alpha value is -2.53. The number of hydrogen-bond acceptors (Lipinski definition) is 6. The minimum absolute atomic E-state index is 0.105. The number of urea groups is 1. The molecule has 9 nitrogen and oxygen atoms in total. The summed E-state index contributed by atoms with van der Waals surface area (Å²) in [5.41, 5.74) is 3.25. The number of hydrogen-bond donors (Lipinski definition) is 3. The van der Waals surface area contributed by atoms with Crippen molar-refractivity contribution in [3.8, 4) is 0 Å². The van der Waals surface area contributed by atoms with Crippen LogP contribution in [0.1, 0.15) is 29.8 Å². The monoisotopic (exact) mass is 475 g/mol. The molecule has 1 saturated heterocycles. The zero-order valence-electron chi connectivity index (χ0n) is 19.4. The van der Waals surface area contributed by atoms with Gasteiger partial charge in [0, 0.05) is 43.3 Å². The summed E-state index contributed by atoms with van der Waals surface area (Å²) in [5, 5.41) is 5.70. The van der Waals surface area contributed by atoms with E-state index in [4.69, 9.17) is 4.74 Å². The number of likely N-dealkylation sites (tertiary alicyclic amines) is 1. The van der Waals surface area contributed by atoms with Gasteiger partial charge in [-0.05, 0) is 69.6 Å². The van der Waals surface area contributed by atoms with Crippen LogP contribution in [0.25, 0.3) is 0 Å². The number of benzene rings is 1. The van der Waals surface area contributed by atoms with Crippen molar-refractivity contribution in [1.82, 2.24) is 19.9 Å². The van der Waals surface area contributed by atoms with Gasteiger partial charge in [-0.15, -0.1) is 0 Å². The van der Waals surface area contributed by atoms with Crippen LogP contribution in [0.5, 0.6) is 0 Å². The fraction of sp³-hybridized carbons (Fsp3) is 0.478. The molecule has 1 aliphatic rings. The van der Waals surface area contributed by atoms with Crippen LogP contribution >= 0.6 is 0 Å². The van der Waals surface area contributed by atoms with E-state index in [0.717, 1.165) is 48.6 Å². The van der Waals surface area contributed by atoms with Gasteiger partial charge < -0.3 is 20.3 Å². The number of rotatable bonds is 9. The molecule has 33 heavy (non-hydrogen) atoms. The third-order valence-corrected chi connectivity index (χ3v) is 7.00. The van der Waals surface area contributed by atoms with Gasteiger partial charge in [-0.3, -0.25) is 4.98 Å². The van der Waals surface area contributed by atoms with Gasteiger partial charge in [0.2, 0.25) is 10.0 Å². The van der Waals surface area contributed by atoms with Crippen LogP contribution in [0.3, 0.4) is 0 Å². The summed E-state index contributed by atoms with van der Waals surface area (Å²) in [4.78, 5) is 18.9. The van der Waals surface area contributed by atoms with Crippen LogP contribution in [0, 0.1) is 13.8 Å². The second kappa shape index (κ2) is 11.6. The van der Waals surface area contributed by atoms with E-state index in [1.807, 2.05) is 32.0 Å². The number of anilines is 1. The van der Waals surface area contributed by atoms with Crippen molar-refractivity contribution < 1.29 is 17.9 Å². The van der Waals surface area contributed by atoms with Gasteiger partial charge in [0.25, 0.3) is 0 Å². The number of methoxy groups -OCH3 is 1. The first-order chi connectivity index (χ1) is 15.7. The fourth-order valence-electron chi connectivity index (χ4n) is 3.94. The number of carbonyl (C=O) groups is 1. The quantitative estimate of drug-likeness (QED) is 0.513. The van der Waals surface area contributed by atoms with E-state index in [1.165, 1.54) is 0 Å². The number of amides is 2. The number of ether oxygens (including phenoxy) is 1. The van der Waals surface area contributed by atoms with Crippen molar-refractivity contribution in [3.05, 3.63) is 53.3 Å². The Labute approximate surface area is 196 Å². The van der Waals surface area contributed by atoms with Crippen LogP contribution < -0.4 is 15.4 Å². The zero-order chi connectivity index (χ0) is 23.8. The van der Waals surface area contributed by atoms with Gasteiger partial charge >= 0.3 is 6.03 Å². The van der Waals surface area contributed by atoms with Gasteiger partial charge in [-0.25, -0.2) is 17.9 Å². The number of pyridine rings is 1. The van der Waals surface area contributed by atoms with Gasteiger partial charge in [-0.2, -0.15) is 0 Å². The largest absolute Gasteiger partial charge is 0.380 e. The number of nitrogens with zero attached hydrogens (tertiary/aromatic N) is 2. The van der Waals surface area contributed by atoms with Gasteiger partial charge in [0.05, 0.1) is 11.5 Å². The summed E-state index contributed by atoms with van der Waals surface area (Å²) in [7, 11) is -1.99. The van der Waals surface area contributed by atoms with Gasteiger partial charge in [-0.1, -0.05) is 12.1 Å². The molecule has 1 aromatic heterocycles. The van der Waals surface area contributed by atoms with Gasteiger partial charge in [0.1, 0.15) is 0 Å². The molecule has 3 N–H and O–H groups in total. The first-order valence-corrected chi connectivity index (χ1v) is 12.6. The summed E-state index contributed by atoms with van der Waals surface area (Å²) in [6.07, 6.45) is 1.44. The van der Waals surface area contributed by atoms with Gasteiger partial charge in [0.15, 0.2) is 0 Å². The lowest BCUT2D eigenvalue weighted by atomic mass is 10.1. The molecule has 0 aliphatic carbocycles. The Bertz CT molecular complexity index is 1030. The highest BCUT2D eigenvalue weighted by molar-refractivity contribution is 7.89. The van der Waals surface area contributed by atoms with Crippen molar-refractivity contribution in [2.45, 2.75) is 44.2 Å². The zero-order valence-corrected chi connectivity index (χ0v) is 20.2. The molecule has 0 bridgehead atoms. The van der Waals surface area contributed by atoms with E-state index in [9.17, 15) is 13.2 Å². The predicted molar refractivity (Wildman–Crippen MR) is 128 cm³/mol. The minimum atomic E-state index is -3.58. The predicted octanol–water partition coefficient (Wildman–Crippen LogP) is 2.41. The molecule has 0 atom stereocenters. The van der Waals surface area contributed by atoms with Crippen molar-refractivity contribution in [1.29, 1.82) is 0 Å². The van der Waals surface area contributed by atoms with Crippen LogP contribution in [0.2, 0.25) is 0 Å². The molecule has 0 unspecified atom stereocenters. The first-order valence-electron chi connectivity index (χ1n) is 11.1. The Balaban J connectivity index is 1.40. The Morgan fingerprint density at radius 1 is 1.15 bits per heavy atom. The van der Waals surface area contributed by atoms with Crippen LogP contribution in [-0.2, 0) is 21.4 Å².